The van der Waals surface area contributed by atoms with Crippen LogP contribution >= 0.6 is 0 Å². The number of hydrogen-bond acceptors (Lipinski definition) is 2. The third-order valence-electron chi connectivity index (χ3n) is 5.31. The van der Waals surface area contributed by atoms with Crippen LogP contribution in [0.1, 0.15) is 45.4 Å². The third kappa shape index (κ3) is 3.67. The van der Waals surface area contributed by atoms with Crippen LogP contribution in [0, 0.1) is 17.6 Å². The third-order valence-corrected chi connectivity index (χ3v) is 5.31. The van der Waals surface area contributed by atoms with Gasteiger partial charge >= 0.3 is 0 Å². The van der Waals surface area contributed by atoms with Crippen molar-refractivity contribution in [1.82, 2.24) is 4.90 Å². The Morgan fingerprint density at radius 3 is 2.60 bits per heavy atom. The minimum atomic E-state index is -0.777. The molecule has 2 aliphatic rings. The first-order valence-electron chi connectivity index (χ1n) is 9.07. The average molecular weight is 350 g/mol. The minimum absolute atomic E-state index is 0.0206. The van der Waals surface area contributed by atoms with Crippen molar-refractivity contribution in [2.45, 2.75) is 51.5 Å². The van der Waals surface area contributed by atoms with E-state index in [1.54, 1.807) is 0 Å². The number of carbonyl (C=O) groups excluding carboxylic acids is 2. The first-order chi connectivity index (χ1) is 12.0. The molecule has 136 valence electrons. The van der Waals surface area contributed by atoms with Crippen LogP contribution in [0.3, 0.4) is 0 Å². The molecule has 4 nitrogen and oxygen atoms in total. The monoisotopic (exact) mass is 350 g/mol. The lowest BCUT2D eigenvalue weighted by atomic mass is 9.93. The molecule has 0 spiro atoms. The van der Waals surface area contributed by atoms with Gasteiger partial charge in [0.25, 0.3) is 0 Å². The van der Waals surface area contributed by atoms with Crippen molar-refractivity contribution in [3.05, 3.63) is 29.8 Å². The zero-order valence-corrected chi connectivity index (χ0v) is 14.5. The summed E-state index contributed by atoms with van der Waals surface area (Å²) in [6.45, 7) is 2.74. The SMILES string of the molecule is CCN(C(=O)C1CC(=O)N(c2ccc(F)cc2F)C1)C1CCCCC1. The van der Waals surface area contributed by atoms with Crippen LogP contribution in [0.5, 0.6) is 0 Å². The molecule has 1 aliphatic heterocycles. The summed E-state index contributed by atoms with van der Waals surface area (Å²) in [5.41, 5.74) is 0.0439. The van der Waals surface area contributed by atoms with Crippen molar-refractivity contribution in [3.63, 3.8) is 0 Å². The summed E-state index contributed by atoms with van der Waals surface area (Å²) in [4.78, 5) is 28.4. The number of carbonyl (C=O) groups is 2. The number of hydrogen-bond donors (Lipinski definition) is 0. The van der Waals surface area contributed by atoms with Gasteiger partial charge in [-0.05, 0) is 31.9 Å². The molecule has 1 unspecified atom stereocenters. The molecule has 25 heavy (non-hydrogen) atoms. The molecule has 2 amide bonds. The standard InChI is InChI=1S/C19H24F2N2O2/c1-2-22(15-6-4-3-5-7-15)19(25)13-10-18(24)23(12-13)17-9-8-14(20)11-16(17)21/h8-9,11,13,15H,2-7,10,12H2,1H3. The zero-order valence-electron chi connectivity index (χ0n) is 14.5. The van der Waals surface area contributed by atoms with Crippen LogP contribution in [0.15, 0.2) is 18.2 Å². The van der Waals surface area contributed by atoms with Gasteiger partial charge in [0.1, 0.15) is 11.6 Å². The van der Waals surface area contributed by atoms with Crippen LogP contribution < -0.4 is 4.90 Å². The highest BCUT2D eigenvalue weighted by atomic mass is 19.1. The predicted molar refractivity (Wildman–Crippen MR) is 91.1 cm³/mol. The molecule has 1 aromatic rings. The number of anilines is 1. The zero-order chi connectivity index (χ0) is 18.0. The van der Waals surface area contributed by atoms with E-state index in [4.69, 9.17) is 0 Å². The van der Waals surface area contributed by atoms with E-state index in [9.17, 15) is 18.4 Å². The largest absolute Gasteiger partial charge is 0.340 e. The van der Waals surface area contributed by atoms with Gasteiger partial charge in [-0.3, -0.25) is 9.59 Å². The van der Waals surface area contributed by atoms with Gasteiger partial charge in [0, 0.05) is 31.6 Å². The summed E-state index contributed by atoms with van der Waals surface area (Å²) >= 11 is 0. The highest BCUT2D eigenvalue weighted by Crippen LogP contribution is 2.30. The van der Waals surface area contributed by atoms with Crippen LogP contribution in [0.25, 0.3) is 0 Å². The maximum absolute atomic E-state index is 14.0. The molecule has 1 heterocycles. The van der Waals surface area contributed by atoms with Gasteiger partial charge in [0.15, 0.2) is 0 Å². The van der Waals surface area contributed by atoms with Gasteiger partial charge in [-0.25, -0.2) is 8.78 Å². The molecule has 6 heteroatoms. The lowest BCUT2D eigenvalue weighted by Gasteiger charge is -2.35. The van der Waals surface area contributed by atoms with Gasteiger partial charge in [-0.15, -0.1) is 0 Å². The minimum Gasteiger partial charge on any atom is -0.340 e. The molecule has 0 N–H and O–H groups in total. The first kappa shape index (κ1) is 17.8. The Bertz CT molecular complexity index is 659. The Kier molecular flexibility index (Phi) is 5.35. The van der Waals surface area contributed by atoms with E-state index in [1.165, 1.54) is 17.4 Å². The van der Waals surface area contributed by atoms with Crippen LogP contribution in [0.4, 0.5) is 14.5 Å². The van der Waals surface area contributed by atoms with Gasteiger partial charge in [0.2, 0.25) is 11.8 Å². The van der Waals surface area contributed by atoms with E-state index < -0.39 is 17.6 Å². The van der Waals surface area contributed by atoms with Crippen LogP contribution in [-0.4, -0.2) is 35.8 Å². The Balaban J connectivity index is 1.73. The van der Waals surface area contributed by atoms with Gasteiger partial charge < -0.3 is 9.80 Å². The Hall–Kier alpha value is -1.98. The second-order valence-electron chi connectivity index (χ2n) is 6.92. The molecule has 1 saturated heterocycles. The smallest absolute Gasteiger partial charge is 0.228 e. The molecule has 0 aromatic heterocycles. The topological polar surface area (TPSA) is 40.6 Å². The summed E-state index contributed by atoms with van der Waals surface area (Å²) in [5.74, 6) is -2.23. The van der Waals surface area contributed by atoms with Crippen LogP contribution in [-0.2, 0) is 9.59 Å². The number of halogens is 2. The molecule has 1 aromatic carbocycles. The quantitative estimate of drug-likeness (QED) is 0.834. The van der Waals surface area contributed by atoms with Crippen molar-refractivity contribution in [3.8, 4) is 0 Å². The number of amides is 2. The number of benzene rings is 1. The fraction of sp³-hybridized carbons (Fsp3) is 0.579. The fourth-order valence-electron chi connectivity index (χ4n) is 4.03. The molecule has 2 fully saturated rings. The van der Waals surface area contributed by atoms with Crippen molar-refractivity contribution in [2.75, 3.05) is 18.0 Å². The summed E-state index contributed by atoms with van der Waals surface area (Å²) in [6.07, 6.45) is 5.57. The molecule has 0 bridgehead atoms. The maximum atomic E-state index is 14.0. The molecular formula is C19H24F2N2O2. The predicted octanol–water partition coefficient (Wildman–Crippen LogP) is 3.50. The summed E-state index contributed by atoms with van der Waals surface area (Å²) < 4.78 is 27.1. The lowest BCUT2D eigenvalue weighted by Crippen LogP contribution is -2.45. The lowest BCUT2D eigenvalue weighted by molar-refractivity contribution is -0.138. The van der Waals surface area contributed by atoms with Crippen molar-refractivity contribution in [2.24, 2.45) is 5.92 Å². The van der Waals surface area contributed by atoms with Crippen molar-refractivity contribution < 1.29 is 18.4 Å². The second kappa shape index (κ2) is 7.50. The maximum Gasteiger partial charge on any atom is 0.228 e. The first-order valence-corrected chi connectivity index (χ1v) is 9.07. The van der Waals surface area contributed by atoms with E-state index in [-0.39, 0.29) is 36.5 Å². The molecule has 3 rings (SSSR count). The van der Waals surface area contributed by atoms with Gasteiger partial charge in [-0.2, -0.15) is 0 Å². The van der Waals surface area contributed by atoms with E-state index in [2.05, 4.69) is 0 Å². The van der Waals surface area contributed by atoms with E-state index >= 15 is 0 Å². The van der Waals surface area contributed by atoms with E-state index in [0.717, 1.165) is 37.8 Å². The second-order valence-corrected chi connectivity index (χ2v) is 6.92. The van der Waals surface area contributed by atoms with Crippen molar-refractivity contribution in [1.29, 1.82) is 0 Å². The molecule has 1 aliphatic carbocycles. The molecule has 0 radical (unpaired) electrons. The molecule has 1 saturated carbocycles. The Morgan fingerprint density at radius 2 is 1.96 bits per heavy atom. The highest BCUT2D eigenvalue weighted by molar-refractivity contribution is 6.00. The normalized spacial score (nSPS) is 21.6. The molecular weight excluding hydrogens is 326 g/mol. The number of rotatable bonds is 4. The highest BCUT2D eigenvalue weighted by Gasteiger charge is 2.39. The summed E-state index contributed by atoms with van der Waals surface area (Å²) in [7, 11) is 0. The van der Waals surface area contributed by atoms with E-state index in [0.29, 0.717) is 6.54 Å². The van der Waals surface area contributed by atoms with Crippen LogP contribution in [0.2, 0.25) is 0 Å². The van der Waals surface area contributed by atoms with Crippen molar-refractivity contribution >= 4 is 17.5 Å². The Labute approximate surface area is 146 Å². The summed E-state index contributed by atoms with van der Waals surface area (Å²) in [5, 5.41) is 0. The number of nitrogens with zero attached hydrogens (tertiary/aromatic N) is 2. The van der Waals surface area contributed by atoms with Gasteiger partial charge in [-0.1, -0.05) is 19.3 Å². The average Bonchev–Trinajstić information content (AvgIpc) is 2.98. The fourth-order valence-corrected chi connectivity index (χ4v) is 4.03. The van der Waals surface area contributed by atoms with E-state index in [1.807, 2.05) is 11.8 Å². The summed E-state index contributed by atoms with van der Waals surface area (Å²) in [6, 6.07) is 3.39. The molecule has 1 atom stereocenters. The Morgan fingerprint density at radius 1 is 1.24 bits per heavy atom. The van der Waals surface area contributed by atoms with Gasteiger partial charge in [0.05, 0.1) is 11.6 Å².